The zero-order valence-electron chi connectivity index (χ0n) is 24.3. The highest BCUT2D eigenvalue weighted by molar-refractivity contribution is 7.90. The number of nitrogens with one attached hydrogen (secondary N) is 1. The lowest BCUT2D eigenvalue weighted by atomic mass is 9.89. The molecule has 4 atom stereocenters. The zero-order valence-corrected chi connectivity index (χ0v) is 27.1. The average molecular weight is 590 g/mol. The van der Waals surface area contributed by atoms with Gasteiger partial charge in [-0.2, -0.15) is 8.42 Å². The van der Waals surface area contributed by atoms with Gasteiger partial charge in [0.05, 0.1) is 17.7 Å². The molecule has 0 bridgehead atoms. The molecule has 3 heterocycles. The third-order valence-electron chi connectivity index (χ3n) is 8.49. The van der Waals surface area contributed by atoms with Crippen LogP contribution in [0.25, 0.3) is 0 Å². The number of nitrogens with two attached hydrogens (primary N) is 1. The van der Waals surface area contributed by atoms with Crippen LogP contribution in [0.3, 0.4) is 0 Å². The minimum absolute atomic E-state index is 0.0362. The number of nitrogens with zero attached hydrogens (tertiary/aromatic N) is 1. The molecule has 11 nitrogen and oxygen atoms in total. The van der Waals surface area contributed by atoms with Crippen molar-refractivity contribution >= 4 is 26.8 Å². The van der Waals surface area contributed by atoms with Crippen LogP contribution in [-0.2, 0) is 27.9 Å². The van der Waals surface area contributed by atoms with Gasteiger partial charge in [0.15, 0.2) is 28.5 Å². The Balaban J connectivity index is 2.24. The molecule has 1 spiro atoms. The molecule has 216 valence electrons. The molecule has 0 saturated carbocycles. The molecule has 1 fully saturated rings. The van der Waals surface area contributed by atoms with Crippen LogP contribution in [0.1, 0.15) is 53.3 Å². The maximum atomic E-state index is 13.0. The van der Waals surface area contributed by atoms with Crippen LogP contribution in [0, 0.1) is 6.92 Å². The maximum Gasteiger partial charge on any atom is 0.330 e. The molecule has 3 rings (SSSR count). The monoisotopic (exact) mass is 589 g/mol. The summed E-state index contributed by atoms with van der Waals surface area (Å²) in [5.74, 6) is 0. The van der Waals surface area contributed by atoms with Gasteiger partial charge in [0.1, 0.15) is 12.2 Å². The average Bonchev–Trinajstić information content (AvgIpc) is 3.14. The van der Waals surface area contributed by atoms with Gasteiger partial charge in [0, 0.05) is 11.8 Å². The van der Waals surface area contributed by atoms with Gasteiger partial charge in [-0.1, -0.05) is 41.5 Å². The summed E-state index contributed by atoms with van der Waals surface area (Å²) in [6.45, 7) is 22.0. The van der Waals surface area contributed by atoms with Crippen molar-refractivity contribution in [1.29, 1.82) is 0 Å². The highest BCUT2D eigenvalue weighted by Gasteiger charge is 2.67. The molecule has 2 aliphatic rings. The van der Waals surface area contributed by atoms with Crippen LogP contribution in [0.5, 0.6) is 0 Å². The third-order valence-corrected chi connectivity index (χ3v) is 18.5. The summed E-state index contributed by atoms with van der Waals surface area (Å²) in [6, 6.07) is 0. The standard InChI is InChI=1S/C24H43N3O8SSi2/c1-15-12-27(21(29)26-19(15)28)20-18(34-38(10,11)23(5,6)7)24(16(25)14-36(30,31)35-24)17(33-20)13-32-37(8,9)22(2,3)4/h12,14,17-18,20H,13,25H2,1-11H3,(H,26,28,29)/t17?,18-,20+,24?/m0/s1. The van der Waals surface area contributed by atoms with Crippen molar-refractivity contribution in [3.8, 4) is 0 Å². The molecular formula is C24H43N3O8SSi2. The molecule has 1 aromatic heterocycles. The minimum Gasteiger partial charge on any atom is -0.414 e. The van der Waals surface area contributed by atoms with Crippen molar-refractivity contribution in [2.45, 2.75) is 109 Å². The van der Waals surface area contributed by atoms with Gasteiger partial charge < -0.3 is 19.3 Å². The Kier molecular flexibility index (Phi) is 7.76. The molecule has 0 amide bonds. The summed E-state index contributed by atoms with van der Waals surface area (Å²) in [5, 5.41) is 0.462. The van der Waals surface area contributed by atoms with Crippen molar-refractivity contribution in [3.63, 3.8) is 0 Å². The number of hydrogen-bond donors (Lipinski definition) is 2. The van der Waals surface area contributed by atoms with Crippen LogP contribution in [0.2, 0.25) is 36.3 Å². The predicted molar refractivity (Wildman–Crippen MR) is 150 cm³/mol. The first-order valence-corrected chi connectivity index (χ1v) is 20.0. The van der Waals surface area contributed by atoms with Crippen LogP contribution in [-0.4, -0.2) is 59.0 Å². The molecule has 1 aromatic rings. The number of aromatic amines is 1. The fourth-order valence-corrected chi connectivity index (χ4v) is 7.50. The van der Waals surface area contributed by atoms with E-state index in [0.29, 0.717) is 0 Å². The summed E-state index contributed by atoms with van der Waals surface area (Å²) < 4.78 is 52.2. The van der Waals surface area contributed by atoms with Crippen molar-refractivity contribution in [3.05, 3.63) is 43.7 Å². The Bertz CT molecular complexity index is 1340. The van der Waals surface area contributed by atoms with E-state index in [2.05, 4.69) is 38.8 Å². The summed E-state index contributed by atoms with van der Waals surface area (Å²) in [7, 11) is -9.13. The number of ether oxygens (including phenoxy) is 1. The predicted octanol–water partition coefficient (Wildman–Crippen LogP) is 3.05. The molecule has 2 unspecified atom stereocenters. The molecule has 2 aliphatic heterocycles. The Labute approximate surface area is 227 Å². The van der Waals surface area contributed by atoms with Gasteiger partial charge in [-0.25, -0.2) is 8.98 Å². The van der Waals surface area contributed by atoms with E-state index in [9.17, 15) is 18.0 Å². The lowest BCUT2D eigenvalue weighted by Gasteiger charge is -2.43. The number of H-pyrrole nitrogens is 1. The molecule has 3 N–H and O–H groups in total. The topological polar surface area (TPSA) is 152 Å². The smallest absolute Gasteiger partial charge is 0.330 e. The third kappa shape index (κ3) is 5.40. The first-order chi connectivity index (χ1) is 17.0. The molecule has 14 heteroatoms. The van der Waals surface area contributed by atoms with E-state index in [1.54, 1.807) is 6.92 Å². The number of hydrogen-bond acceptors (Lipinski definition) is 9. The fourth-order valence-electron chi connectivity index (χ4n) is 3.99. The normalized spacial score (nSPS) is 28.2. The highest BCUT2D eigenvalue weighted by atomic mass is 32.2. The van der Waals surface area contributed by atoms with E-state index >= 15 is 0 Å². The van der Waals surface area contributed by atoms with Crippen LogP contribution < -0.4 is 17.0 Å². The number of rotatable bonds is 6. The Morgan fingerprint density at radius 2 is 1.63 bits per heavy atom. The van der Waals surface area contributed by atoms with E-state index in [1.807, 2.05) is 33.9 Å². The van der Waals surface area contributed by atoms with E-state index < -0.39 is 62.0 Å². The molecule has 0 radical (unpaired) electrons. The molecule has 38 heavy (non-hydrogen) atoms. The lowest BCUT2D eigenvalue weighted by Crippen LogP contribution is -2.59. The van der Waals surface area contributed by atoms with Gasteiger partial charge in [-0.15, -0.1) is 0 Å². The van der Waals surface area contributed by atoms with Gasteiger partial charge in [-0.3, -0.25) is 14.3 Å². The van der Waals surface area contributed by atoms with E-state index in [0.717, 1.165) is 5.41 Å². The minimum atomic E-state index is -4.18. The largest absolute Gasteiger partial charge is 0.414 e. The molecule has 0 aromatic carbocycles. The van der Waals surface area contributed by atoms with Gasteiger partial charge >= 0.3 is 5.69 Å². The summed E-state index contributed by atoms with van der Waals surface area (Å²) in [4.78, 5) is 27.4. The first-order valence-electron chi connectivity index (χ1n) is 12.7. The first kappa shape index (κ1) is 31.0. The second-order valence-corrected chi connectivity index (χ2v) is 24.3. The second-order valence-electron chi connectivity index (χ2n) is 13.3. The zero-order chi connectivity index (χ0) is 29.3. The van der Waals surface area contributed by atoms with E-state index in [-0.39, 0.29) is 27.9 Å². The van der Waals surface area contributed by atoms with E-state index in [1.165, 1.54) is 10.8 Å². The highest BCUT2D eigenvalue weighted by Crippen LogP contribution is 2.52. The molecular weight excluding hydrogens is 547 g/mol. The van der Waals surface area contributed by atoms with Crippen LogP contribution in [0.15, 0.2) is 26.9 Å². The quantitative estimate of drug-likeness (QED) is 0.377. The Morgan fingerprint density at radius 1 is 1.08 bits per heavy atom. The SMILES string of the molecule is Cc1cn([C@@H]2OC(CO[Si](C)(C)C(C)(C)C)C3(OS(=O)(=O)C=C3N)[C@H]2O[Si](C)(C)C(C)(C)C)c(=O)[nH]c1=O. The number of aromatic nitrogens is 2. The Hall–Kier alpha value is -1.56. The maximum absolute atomic E-state index is 13.0. The Morgan fingerprint density at radius 3 is 2.11 bits per heavy atom. The van der Waals surface area contributed by atoms with Gasteiger partial charge in [0.25, 0.3) is 15.7 Å². The second kappa shape index (κ2) is 9.52. The summed E-state index contributed by atoms with van der Waals surface area (Å²) in [5.41, 5.74) is 3.61. The van der Waals surface area contributed by atoms with Crippen molar-refractivity contribution in [1.82, 2.24) is 9.55 Å². The fraction of sp³-hybridized carbons (Fsp3) is 0.750. The number of aryl methyl sites for hydroxylation is 1. The van der Waals surface area contributed by atoms with Crippen LogP contribution >= 0.6 is 0 Å². The van der Waals surface area contributed by atoms with Crippen molar-refractivity contribution < 1.29 is 26.2 Å². The van der Waals surface area contributed by atoms with Crippen molar-refractivity contribution in [2.75, 3.05) is 6.61 Å². The summed E-state index contributed by atoms with van der Waals surface area (Å²) >= 11 is 0. The van der Waals surface area contributed by atoms with Crippen LogP contribution in [0.4, 0.5) is 0 Å². The van der Waals surface area contributed by atoms with E-state index in [4.69, 9.17) is 23.5 Å². The lowest BCUT2D eigenvalue weighted by molar-refractivity contribution is -0.0563. The molecule has 1 saturated heterocycles. The summed E-state index contributed by atoms with van der Waals surface area (Å²) in [6.07, 6.45) is -1.93. The van der Waals surface area contributed by atoms with Gasteiger partial charge in [-0.05, 0) is 43.2 Å². The van der Waals surface area contributed by atoms with Crippen molar-refractivity contribution in [2.24, 2.45) is 5.73 Å². The van der Waals surface area contributed by atoms with Gasteiger partial charge in [0.2, 0.25) is 0 Å². The molecule has 0 aliphatic carbocycles.